The second kappa shape index (κ2) is 13.8. The lowest BCUT2D eigenvalue weighted by atomic mass is 9.99. The van der Waals surface area contributed by atoms with Crippen LogP contribution < -0.4 is 10.6 Å². The molecule has 0 bridgehead atoms. The lowest BCUT2D eigenvalue weighted by Gasteiger charge is -2.20. The van der Waals surface area contributed by atoms with Crippen LogP contribution in [0.1, 0.15) is 63.5 Å². The number of aliphatic imine (C=N–C) groups is 1. The molecule has 1 aromatic rings. The molecule has 1 amide bonds. The fourth-order valence-corrected chi connectivity index (χ4v) is 3.54. The Balaban J connectivity index is 0.00000392. The molecule has 1 heterocycles. The zero-order valence-corrected chi connectivity index (χ0v) is 20.0. The maximum atomic E-state index is 11.9. The number of hydrogen-bond acceptors (Lipinski definition) is 2. The van der Waals surface area contributed by atoms with Crippen LogP contribution in [0.2, 0.25) is 0 Å². The van der Waals surface area contributed by atoms with Gasteiger partial charge in [-0.15, -0.1) is 24.0 Å². The van der Waals surface area contributed by atoms with Crippen molar-refractivity contribution in [1.82, 2.24) is 15.5 Å². The van der Waals surface area contributed by atoms with Gasteiger partial charge in [0.15, 0.2) is 5.96 Å². The Bertz CT molecular complexity index is 620. The van der Waals surface area contributed by atoms with E-state index in [1.807, 2.05) is 18.0 Å². The minimum atomic E-state index is 0. The number of likely N-dealkylation sites (tertiary alicyclic amines) is 1. The van der Waals surface area contributed by atoms with Gasteiger partial charge in [-0.2, -0.15) is 0 Å². The Hall–Kier alpha value is -1.31. The van der Waals surface area contributed by atoms with Crippen molar-refractivity contribution >= 4 is 35.8 Å². The Morgan fingerprint density at radius 2 is 1.96 bits per heavy atom. The van der Waals surface area contributed by atoms with E-state index in [0.29, 0.717) is 25.4 Å². The van der Waals surface area contributed by atoms with Crippen LogP contribution in [0, 0.1) is 5.92 Å². The molecule has 1 aliphatic rings. The predicted molar refractivity (Wildman–Crippen MR) is 128 cm³/mol. The summed E-state index contributed by atoms with van der Waals surface area (Å²) < 4.78 is 0. The second-order valence-electron chi connectivity index (χ2n) is 7.41. The number of halogens is 1. The Morgan fingerprint density at radius 3 is 2.57 bits per heavy atom. The van der Waals surface area contributed by atoms with E-state index in [1.54, 1.807) is 0 Å². The third kappa shape index (κ3) is 7.97. The van der Waals surface area contributed by atoms with E-state index in [9.17, 15) is 4.79 Å². The van der Waals surface area contributed by atoms with Crippen LogP contribution in [0.3, 0.4) is 0 Å². The SMILES string of the molecule is CCCCC(CC)CNC(=NC)NCc1ccccc1CN1CCCC1=O.I. The Kier molecular flexibility index (Phi) is 12.2. The smallest absolute Gasteiger partial charge is 0.222 e. The van der Waals surface area contributed by atoms with E-state index < -0.39 is 0 Å². The third-order valence-corrected chi connectivity index (χ3v) is 5.42. The van der Waals surface area contributed by atoms with Gasteiger partial charge in [0.1, 0.15) is 0 Å². The topological polar surface area (TPSA) is 56.7 Å². The Labute approximate surface area is 187 Å². The van der Waals surface area contributed by atoms with Crippen LogP contribution in [-0.2, 0) is 17.9 Å². The zero-order chi connectivity index (χ0) is 19.5. The molecule has 0 aromatic heterocycles. The van der Waals surface area contributed by atoms with Crippen molar-refractivity contribution in [3.05, 3.63) is 35.4 Å². The first-order valence-electron chi connectivity index (χ1n) is 10.5. The number of benzene rings is 1. The summed E-state index contributed by atoms with van der Waals surface area (Å²) in [5.74, 6) is 1.81. The standard InChI is InChI=1S/C22H36N4O.HI/c1-4-6-10-18(5-2)15-24-22(23-3)25-16-19-11-7-8-12-20(19)17-26-14-9-13-21(26)27;/h7-8,11-12,18H,4-6,9-10,13-17H2,1-3H3,(H2,23,24,25);1H. The molecule has 1 unspecified atom stereocenters. The lowest BCUT2D eigenvalue weighted by molar-refractivity contribution is -0.128. The van der Waals surface area contributed by atoms with Gasteiger partial charge in [0.25, 0.3) is 0 Å². The number of rotatable bonds is 10. The summed E-state index contributed by atoms with van der Waals surface area (Å²) in [6.45, 7) is 7.75. The number of guanidine groups is 1. The molecule has 0 radical (unpaired) electrons. The van der Waals surface area contributed by atoms with Crippen LogP contribution in [0.4, 0.5) is 0 Å². The summed E-state index contributed by atoms with van der Waals surface area (Å²) in [6, 6.07) is 8.36. The quantitative estimate of drug-likeness (QED) is 0.286. The van der Waals surface area contributed by atoms with Gasteiger partial charge in [-0.1, -0.05) is 57.4 Å². The molecule has 1 aliphatic heterocycles. The fraction of sp³-hybridized carbons (Fsp3) is 0.636. The summed E-state index contributed by atoms with van der Waals surface area (Å²) in [5.41, 5.74) is 2.43. The molecule has 1 saturated heterocycles. The van der Waals surface area contributed by atoms with Crippen LogP contribution in [-0.4, -0.2) is 36.9 Å². The monoisotopic (exact) mass is 500 g/mol. The molecule has 158 valence electrons. The van der Waals surface area contributed by atoms with Gasteiger partial charge in [0.05, 0.1) is 0 Å². The van der Waals surface area contributed by atoms with Crippen molar-refractivity contribution in [2.24, 2.45) is 10.9 Å². The van der Waals surface area contributed by atoms with Gasteiger partial charge >= 0.3 is 0 Å². The molecule has 1 fully saturated rings. The largest absolute Gasteiger partial charge is 0.356 e. The van der Waals surface area contributed by atoms with E-state index in [0.717, 1.165) is 25.5 Å². The van der Waals surface area contributed by atoms with Crippen LogP contribution in [0.15, 0.2) is 29.3 Å². The maximum absolute atomic E-state index is 11.9. The molecule has 2 rings (SSSR count). The number of nitrogens with one attached hydrogen (secondary N) is 2. The van der Waals surface area contributed by atoms with Gasteiger partial charge in [-0.25, -0.2) is 0 Å². The minimum Gasteiger partial charge on any atom is -0.356 e. The molecule has 0 aliphatic carbocycles. The molecular weight excluding hydrogens is 463 g/mol. The van der Waals surface area contributed by atoms with E-state index in [-0.39, 0.29) is 29.9 Å². The molecule has 6 heteroatoms. The van der Waals surface area contributed by atoms with Gasteiger partial charge in [0, 0.05) is 39.6 Å². The molecule has 1 atom stereocenters. The summed E-state index contributed by atoms with van der Waals surface area (Å²) in [7, 11) is 1.82. The summed E-state index contributed by atoms with van der Waals surface area (Å²) in [5, 5.41) is 6.91. The zero-order valence-electron chi connectivity index (χ0n) is 17.7. The van der Waals surface area contributed by atoms with Crippen LogP contribution in [0.5, 0.6) is 0 Å². The molecule has 0 spiro atoms. The number of nitrogens with zero attached hydrogens (tertiary/aromatic N) is 2. The minimum absolute atomic E-state index is 0. The highest BCUT2D eigenvalue weighted by Crippen LogP contribution is 2.17. The number of carbonyl (C=O) groups is 1. The van der Waals surface area contributed by atoms with Crippen LogP contribution in [0.25, 0.3) is 0 Å². The van der Waals surface area contributed by atoms with Crippen molar-refractivity contribution in [3.63, 3.8) is 0 Å². The number of unbranched alkanes of at least 4 members (excludes halogenated alkanes) is 1. The fourth-order valence-electron chi connectivity index (χ4n) is 3.54. The summed E-state index contributed by atoms with van der Waals surface area (Å²) in [6.07, 6.45) is 6.66. The first-order valence-corrected chi connectivity index (χ1v) is 10.5. The van der Waals surface area contributed by atoms with Crippen LogP contribution >= 0.6 is 24.0 Å². The van der Waals surface area contributed by atoms with Crippen molar-refractivity contribution < 1.29 is 4.79 Å². The summed E-state index contributed by atoms with van der Waals surface area (Å²) >= 11 is 0. The van der Waals surface area contributed by atoms with Gasteiger partial charge in [-0.05, 0) is 29.9 Å². The molecule has 2 N–H and O–H groups in total. The molecule has 5 nitrogen and oxygen atoms in total. The Morgan fingerprint density at radius 1 is 1.21 bits per heavy atom. The average Bonchev–Trinajstić information content (AvgIpc) is 3.09. The number of carbonyl (C=O) groups excluding carboxylic acids is 1. The van der Waals surface area contributed by atoms with Crippen molar-refractivity contribution in [2.45, 2.75) is 65.5 Å². The van der Waals surface area contributed by atoms with Gasteiger partial charge in [-0.3, -0.25) is 9.79 Å². The predicted octanol–water partition coefficient (Wildman–Crippen LogP) is 4.31. The van der Waals surface area contributed by atoms with Crippen molar-refractivity contribution in [3.8, 4) is 0 Å². The maximum Gasteiger partial charge on any atom is 0.222 e. The summed E-state index contributed by atoms with van der Waals surface area (Å²) in [4.78, 5) is 18.3. The third-order valence-electron chi connectivity index (χ3n) is 5.42. The number of hydrogen-bond donors (Lipinski definition) is 2. The molecule has 0 saturated carbocycles. The normalized spacial score (nSPS) is 15.3. The van der Waals surface area contributed by atoms with E-state index in [2.05, 4.69) is 47.7 Å². The first kappa shape index (κ1) is 24.7. The van der Waals surface area contributed by atoms with Gasteiger partial charge < -0.3 is 15.5 Å². The highest BCUT2D eigenvalue weighted by atomic mass is 127. The average molecular weight is 500 g/mol. The highest BCUT2D eigenvalue weighted by Gasteiger charge is 2.20. The van der Waals surface area contributed by atoms with E-state index in [1.165, 1.54) is 36.8 Å². The number of amides is 1. The first-order chi connectivity index (χ1) is 13.2. The van der Waals surface area contributed by atoms with E-state index in [4.69, 9.17) is 0 Å². The lowest BCUT2D eigenvalue weighted by Crippen LogP contribution is -2.39. The molecular formula is C22H37IN4O. The second-order valence-corrected chi connectivity index (χ2v) is 7.41. The molecule has 1 aromatic carbocycles. The van der Waals surface area contributed by atoms with E-state index >= 15 is 0 Å². The van der Waals surface area contributed by atoms with Crippen molar-refractivity contribution in [2.75, 3.05) is 20.1 Å². The van der Waals surface area contributed by atoms with Gasteiger partial charge in [0.2, 0.25) is 5.91 Å². The molecule has 28 heavy (non-hydrogen) atoms. The highest BCUT2D eigenvalue weighted by molar-refractivity contribution is 14.0. The van der Waals surface area contributed by atoms with Crippen molar-refractivity contribution in [1.29, 1.82) is 0 Å².